The van der Waals surface area contributed by atoms with Crippen LogP contribution in [0.3, 0.4) is 0 Å². The minimum Gasteiger partial charge on any atom is -0.458 e. The topological polar surface area (TPSA) is 168 Å². The standard InChI is InChI=1S/C42H68N5O6P/c1-29(2)7-6-8-30(3)36-15-16-37-35-14-13-33-27-34(17-19-41(33,4)38(35)18-20-42(36,37)5)53-39(48)32-11-9-31(10-12-32)28-45-21-24-51-25-23-47-54(49,50)52-26-22-46-40(43)44/h9-13,28-30,34-38H,6-8,14-27H2,1-5H3,(H4,43,44,46)(H2,47,49,50)/b45-28+. The quantitative estimate of drug-likeness (QED) is 0.0235. The first kappa shape index (κ1) is 42.6. The van der Waals surface area contributed by atoms with Crippen LogP contribution in [0.1, 0.15) is 121 Å². The first-order chi connectivity index (χ1) is 25.7. The van der Waals surface area contributed by atoms with Crippen molar-refractivity contribution in [1.29, 1.82) is 5.41 Å². The van der Waals surface area contributed by atoms with E-state index in [2.05, 4.69) is 56.1 Å². The molecule has 0 heterocycles. The van der Waals surface area contributed by atoms with E-state index in [0.717, 1.165) is 60.3 Å². The molecule has 1 aromatic carbocycles. The summed E-state index contributed by atoms with van der Waals surface area (Å²) in [7, 11) is -3.95. The van der Waals surface area contributed by atoms with Crippen molar-refractivity contribution in [2.24, 2.45) is 57.1 Å². The highest BCUT2D eigenvalue weighted by atomic mass is 31.2. The zero-order valence-electron chi connectivity index (χ0n) is 33.5. The summed E-state index contributed by atoms with van der Waals surface area (Å²) in [4.78, 5) is 27.3. The van der Waals surface area contributed by atoms with Gasteiger partial charge in [-0.25, -0.2) is 14.4 Å². The third-order valence-electron chi connectivity index (χ3n) is 13.5. The van der Waals surface area contributed by atoms with Gasteiger partial charge in [0.15, 0.2) is 5.96 Å². The number of benzene rings is 1. The van der Waals surface area contributed by atoms with Gasteiger partial charge in [-0.1, -0.05) is 77.7 Å². The first-order valence-electron chi connectivity index (χ1n) is 20.6. The van der Waals surface area contributed by atoms with Crippen LogP contribution in [0, 0.1) is 51.7 Å². The number of nitrogens with two attached hydrogens (primary N) is 1. The zero-order valence-corrected chi connectivity index (χ0v) is 34.4. The number of fused-ring (bicyclic) bond motifs is 5. The molecule has 54 heavy (non-hydrogen) atoms. The van der Waals surface area contributed by atoms with Crippen LogP contribution in [0.15, 0.2) is 40.9 Å². The summed E-state index contributed by atoms with van der Waals surface area (Å²) in [5.41, 5.74) is 8.84. The molecule has 0 aromatic heterocycles. The van der Waals surface area contributed by atoms with Gasteiger partial charge in [-0.05, 0) is 109 Å². The van der Waals surface area contributed by atoms with Crippen molar-refractivity contribution in [2.45, 2.75) is 111 Å². The maximum Gasteiger partial charge on any atom is 0.403 e. The minimum absolute atomic E-state index is 0.0732. The number of carbonyl (C=O) groups is 1. The summed E-state index contributed by atoms with van der Waals surface area (Å²) in [5.74, 6) is 4.41. The van der Waals surface area contributed by atoms with Crippen molar-refractivity contribution in [3.05, 3.63) is 47.0 Å². The van der Waals surface area contributed by atoms with Gasteiger partial charge in [0.1, 0.15) is 6.10 Å². The van der Waals surface area contributed by atoms with Gasteiger partial charge in [-0.2, -0.15) is 0 Å². The maximum absolute atomic E-state index is 13.2. The second-order valence-electron chi connectivity index (χ2n) is 17.4. The Morgan fingerprint density at radius 1 is 1.06 bits per heavy atom. The number of nitrogens with one attached hydrogen (secondary N) is 3. The van der Waals surface area contributed by atoms with Gasteiger partial charge < -0.3 is 25.4 Å². The molecule has 302 valence electrons. The molecule has 0 saturated heterocycles. The van der Waals surface area contributed by atoms with Crippen molar-refractivity contribution in [3.63, 3.8) is 0 Å². The molecule has 11 nitrogen and oxygen atoms in total. The molecule has 3 fully saturated rings. The number of allylic oxidation sites excluding steroid dienone is 1. The monoisotopic (exact) mass is 769 g/mol. The number of ether oxygens (including phenoxy) is 2. The summed E-state index contributed by atoms with van der Waals surface area (Å²) in [5, 5.41) is 12.0. The van der Waals surface area contributed by atoms with Crippen molar-refractivity contribution in [3.8, 4) is 0 Å². The molecule has 9 unspecified atom stereocenters. The Labute approximate surface area is 324 Å². The molecule has 12 heteroatoms. The maximum atomic E-state index is 13.2. The van der Waals surface area contributed by atoms with Crippen LogP contribution in [-0.2, 0) is 18.6 Å². The van der Waals surface area contributed by atoms with Crippen LogP contribution < -0.4 is 16.1 Å². The smallest absolute Gasteiger partial charge is 0.403 e. The molecule has 0 aliphatic heterocycles. The van der Waals surface area contributed by atoms with Gasteiger partial charge in [0.2, 0.25) is 0 Å². The number of carbonyl (C=O) groups excluding carboxylic acids is 1. The molecule has 6 N–H and O–H groups in total. The van der Waals surface area contributed by atoms with Gasteiger partial charge >= 0.3 is 13.7 Å². The Kier molecular flexibility index (Phi) is 15.0. The Balaban J connectivity index is 1.03. The summed E-state index contributed by atoms with van der Waals surface area (Å²) in [6, 6.07) is 7.34. The summed E-state index contributed by atoms with van der Waals surface area (Å²) < 4.78 is 28.4. The number of esters is 1. The molecule has 9 atom stereocenters. The minimum atomic E-state index is -3.95. The number of hydrogen-bond acceptors (Lipinski definition) is 7. The molecule has 3 saturated carbocycles. The van der Waals surface area contributed by atoms with Crippen LogP contribution in [-0.4, -0.2) is 68.6 Å². The van der Waals surface area contributed by atoms with Gasteiger partial charge in [0, 0.05) is 25.7 Å². The SMILES string of the molecule is CC(C)CCCC(C)C1CCC2C3CC=C4CC(OC(=O)c5ccc(/C=N/CCOCCNP(=O)(O)OCCNC(=N)N)cc5)CCC4(C)C3CCC12C. The van der Waals surface area contributed by atoms with Gasteiger partial charge in [-0.15, -0.1) is 0 Å². The highest BCUT2D eigenvalue weighted by molar-refractivity contribution is 7.50. The van der Waals surface area contributed by atoms with Crippen LogP contribution in [0.5, 0.6) is 0 Å². The van der Waals surface area contributed by atoms with Gasteiger partial charge in [0.25, 0.3) is 0 Å². The van der Waals surface area contributed by atoms with E-state index in [0.29, 0.717) is 24.1 Å². The molecule has 5 rings (SSSR count). The fourth-order valence-electron chi connectivity index (χ4n) is 10.7. The number of aliphatic imine (C=N–C) groups is 1. The Hall–Kier alpha value is -2.56. The van der Waals surface area contributed by atoms with E-state index < -0.39 is 7.75 Å². The molecular formula is C42H68N5O6P. The lowest BCUT2D eigenvalue weighted by Gasteiger charge is -2.58. The third-order valence-corrected chi connectivity index (χ3v) is 14.7. The van der Waals surface area contributed by atoms with E-state index in [9.17, 15) is 14.3 Å². The number of guanidine groups is 1. The normalized spacial score (nSPS) is 30.9. The largest absolute Gasteiger partial charge is 0.458 e. The van der Waals surface area contributed by atoms with Crippen LogP contribution in [0.25, 0.3) is 0 Å². The van der Waals surface area contributed by atoms with Gasteiger partial charge in [-0.3, -0.25) is 14.9 Å². The average Bonchev–Trinajstić information content (AvgIpc) is 3.48. The number of rotatable bonds is 19. The predicted molar refractivity (Wildman–Crippen MR) is 216 cm³/mol. The van der Waals surface area contributed by atoms with Crippen molar-refractivity contribution < 1.29 is 28.3 Å². The molecule has 0 amide bonds. The van der Waals surface area contributed by atoms with E-state index in [1.807, 2.05) is 12.1 Å². The highest BCUT2D eigenvalue weighted by Crippen LogP contribution is 2.67. The van der Waals surface area contributed by atoms with E-state index in [1.54, 1.807) is 18.3 Å². The molecule has 4 aliphatic carbocycles. The zero-order chi connectivity index (χ0) is 38.9. The lowest BCUT2D eigenvalue weighted by Crippen LogP contribution is -2.51. The van der Waals surface area contributed by atoms with E-state index in [1.165, 1.54) is 56.9 Å². The number of nitrogens with zero attached hydrogens (tertiary/aromatic N) is 1. The predicted octanol–water partition coefficient (Wildman–Crippen LogP) is 7.88. The second kappa shape index (κ2) is 19.1. The fourth-order valence-corrected chi connectivity index (χ4v) is 11.5. The Morgan fingerprint density at radius 2 is 1.83 bits per heavy atom. The van der Waals surface area contributed by atoms with E-state index in [4.69, 9.17) is 25.1 Å². The molecular weight excluding hydrogens is 701 g/mol. The Bertz CT molecular complexity index is 1520. The third kappa shape index (κ3) is 10.8. The molecule has 0 spiro atoms. The second-order valence-corrected chi connectivity index (χ2v) is 19.0. The van der Waals surface area contributed by atoms with Crippen molar-refractivity contribution >= 4 is 25.9 Å². The van der Waals surface area contributed by atoms with Crippen LogP contribution in [0.4, 0.5) is 0 Å². The lowest BCUT2D eigenvalue weighted by molar-refractivity contribution is -0.0594. The average molecular weight is 770 g/mol. The van der Waals surface area contributed by atoms with Gasteiger partial charge in [0.05, 0.1) is 31.9 Å². The van der Waals surface area contributed by atoms with Crippen LogP contribution >= 0.6 is 7.75 Å². The molecule has 0 radical (unpaired) electrons. The Morgan fingerprint density at radius 3 is 2.57 bits per heavy atom. The molecule has 0 bridgehead atoms. The summed E-state index contributed by atoms with van der Waals surface area (Å²) >= 11 is 0. The van der Waals surface area contributed by atoms with E-state index in [-0.39, 0.29) is 49.8 Å². The summed E-state index contributed by atoms with van der Waals surface area (Å²) in [6.07, 6.45) is 18.0. The molecule has 4 aliphatic rings. The van der Waals surface area contributed by atoms with Crippen LogP contribution in [0.2, 0.25) is 0 Å². The van der Waals surface area contributed by atoms with Crippen molar-refractivity contribution in [2.75, 3.05) is 39.5 Å². The van der Waals surface area contributed by atoms with E-state index >= 15 is 0 Å². The number of hydrogen-bond donors (Lipinski definition) is 5. The first-order valence-corrected chi connectivity index (χ1v) is 22.2. The fraction of sp³-hybridized carbons (Fsp3) is 0.738. The lowest BCUT2D eigenvalue weighted by atomic mass is 9.47. The highest BCUT2D eigenvalue weighted by Gasteiger charge is 2.59. The van der Waals surface area contributed by atoms with Crippen molar-refractivity contribution in [1.82, 2.24) is 10.4 Å². The molecule has 1 aromatic rings. The summed E-state index contributed by atoms with van der Waals surface area (Å²) in [6.45, 7) is 13.7.